The van der Waals surface area contributed by atoms with Crippen LogP contribution in [0.4, 0.5) is 0 Å². The quantitative estimate of drug-likeness (QED) is 0.702. The second-order valence-corrected chi connectivity index (χ2v) is 4.86. The molecule has 0 saturated carbocycles. The van der Waals surface area contributed by atoms with Crippen molar-refractivity contribution in [3.63, 3.8) is 0 Å². The van der Waals surface area contributed by atoms with Gasteiger partial charge in [0, 0.05) is 12.0 Å². The molecule has 2 aromatic carbocycles. The molecule has 0 aliphatic heterocycles. The third-order valence-corrected chi connectivity index (χ3v) is 3.20. The van der Waals surface area contributed by atoms with Crippen molar-refractivity contribution in [2.24, 2.45) is 0 Å². The van der Waals surface area contributed by atoms with E-state index in [2.05, 4.69) is 4.98 Å². The Bertz CT molecular complexity index is 744. The van der Waals surface area contributed by atoms with Crippen LogP contribution in [0.1, 0.15) is 12.8 Å². The van der Waals surface area contributed by atoms with Crippen LogP contribution in [0.2, 0.25) is 0 Å². The number of para-hydroxylation sites is 2. The van der Waals surface area contributed by atoms with Crippen molar-refractivity contribution in [1.29, 1.82) is 0 Å². The van der Waals surface area contributed by atoms with Crippen molar-refractivity contribution in [1.82, 2.24) is 4.98 Å². The number of aliphatic carboxylic acids is 1. The fourth-order valence-corrected chi connectivity index (χ4v) is 2.10. The highest BCUT2D eigenvalue weighted by atomic mass is 16.5. The predicted molar refractivity (Wildman–Crippen MR) is 81.8 cm³/mol. The first-order valence-corrected chi connectivity index (χ1v) is 7.03. The van der Waals surface area contributed by atoms with Crippen molar-refractivity contribution in [2.45, 2.75) is 12.8 Å². The number of aromatic nitrogens is 1. The van der Waals surface area contributed by atoms with Gasteiger partial charge in [-0.25, -0.2) is 4.98 Å². The Hall–Kier alpha value is -2.82. The molecule has 0 radical (unpaired) electrons. The number of oxazole rings is 1. The number of fused-ring (bicyclic) bond motifs is 1. The molecule has 0 unspecified atom stereocenters. The monoisotopic (exact) mass is 297 g/mol. The van der Waals surface area contributed by atoms with Crippen molar-refractivity contribution in [2.75, 3.05) is 6.61 Å². The van der Waals surface area contributed by atoms with Gasteiger partial charge in [-0.05, 0) is 42.8 Å². The summed E-state index contributed by atoms with van der Waals surface area (Å²) in [5.41, 5.74) is 2.45. The largest absolute Gasteiger partial charge is 0.494 e. The normalized spacial score (nSPS) is 10.7. The lowest BCUT2D eigenvalue weighted by atomic mass is 10.2. The summed E-state index contributed by atoms with van der Waals surface area (Å²) in [5, 5.41) is 8.56. The lowest BCUT2D eigenvalue weighted by molar-refractivity contribution is -0.137. The number of nitrogens with zero attached hydrogens (tertiary/aromatic N) is 1. The van der Waals surface area contributed by atoms with Crippen LogP contribution in [0.15, 0.2) is 52.9 Å². The Morgan fingerprint density at radius 3 is 2.64 bits per heavy atom. The van der Waals surface area contributed by atoms with E-state index in [4.69, 9.17) is 14.3 Å². The van der Waals surface area contributed by atoms with E-state index in [-0.39, 0.29) is 6.42 Å². The molecule has 0 saturated heterocycles. The summed E-state index contributed by atoms with van der Waals surface area (Å²) < 4.78 is 11.2. The molecule has 0 amide bonds. The Morgan fingerprint density at radius 1 is 1.14 bits per heavy atom. The zero-order valence-electron chi connectivity index (χ0n) is 11.9. The molecule has 0 atom stereocenters. The van der Waals surface area contributed by atoms with Gasteiger partial charge in [-0.1, -0.05) is 12.1 Å². The molecule has 0 fully saturated rings. The molecule has 5 nitrogen and oxygen atoms in total. The van der Waals surface area contributed by atoms with Gasteiger partial charge in [0.15, 0.2) is 5.58 Å². The highest BCUT2D eigenvalue weighted by Gasteiger charge is 2.07. The van der Waals surface area contributed by atoms with Gasteiger partial charge in [0.2, 0.25) is 5.89 Å². The first kappa shape index (κ1) is 14.1. The number of benzene rings is 2. The van der Waals surface area contributed by atoms with Gasteiger partial charge in [0.1, 0.15) is 11.3 Å². The number of hydrogen-bond acceptors (Lipinski definition) is 4. The third-order valence-electron chi connectivity index (χ3n) is 3.20. The van der Waals surface area contributed by atoms with Gasteiger partial charge < -0.3 is 14.3 Å². The topological polar surface area (TPSA) is 72.6 Å². The maximum absolute atomic E-state index is 10.4. The van der Waals surface area contributed by atoms with Crippen LogP contribution in [0.3, 0.4) is 0 Å². The molecule has 3 rings (SSSR count). The Morgan fingerprint density at radius 2 is 1.91 bits per heavy atom. The summed E-state index contributed by atoms with van der Waals surface area (Å²) in [5.74, 6) is 0.457. The lowest BCUT2D eigenvalue weighted by Gasteiger charge is -2.05. The minimum atomic E-state index is -0.810. The minimum absolute atomic E-state index is 0.112. The van der Waals surface area contributed by atoms with Crippen LogP contribution in [-0.2, 0) is 4.79 Å². The molecule has 0 bridgehead atoms. The van der Waals surface area contributed by atoms with Gasteiger partial charge in [-0.3, -0.25) is 4.79 Å². The molecule has 1 N–H and O–H groups in total. The average molecular weight is 297 g/mol. The number of carboxylic acid groups (broad SMARTS) is 1. The fraction of sp³-hybridized carbons (Fsp3) is 0.176. The molecular weight excluding hydrogens is 282 g/mol. The average Bonchev–Trinajstić information content (AvgIpc) is 2.96. The number of carboxylic acids is 1. The highest BCUT2D eigenvalue weighted by Crippen LogP contribution is 2.25. The zero-order valence-corrected chi connectivity index (χ0v) is 11.9. The Kier molecular flexibility index (Phi) is 4.05. The van der Waals surface area contributed by atoms with Crippen LogP contribution >= 0.6 is 0 Å². The summed E-state index contributed by atoms with van der Waals surface area (Å²) in [6.45, 7) is 0.383. The first-order chi connectivity index (χ1) is 10.7. The third kappa shape index (κ3) is 3.25. The van der Waals surface area contributed by atoms with E-state index >= 15 is 0 Å². The van der Waals surface area contributed by atoms with E-state index in [9.17, 15) is 4.79 Å². The van der Waals surface area contributed by atoms with E-state index in [1.807, 2.05) is 48.5 Å². The number of rotatable bonds is 6. The van der Waals surface area contributed by atoms with Crippen LogP contribution in [0.5, 0.6) is 5.75 Å². The molecule has 0 aliphatic rings. The van der Waals surface area contributed by atoms with Gasteiger partial charge in [0.05, 0.1) is 6.61 Å². The zero-order chi connectivity index (χ0) is 15.4. The molecule has 5 heteroatoms. The summed E-state index contributed by atoms with van der Waals surface area (Å²) in [6, 6.07) is 15.0. The maximum atomic E-state index is 10.4. The smallest absolute Gasteiger partial charge is 0.303 e. The molecule has 1 heterocycles. The molecule has 0 aliphatic carbocycles. The van der Waals surface area contributed by atoms with E-state index in [0.29, 0.717) is 24.7 Å². The molecule has 0 spiro atoms. The fourth-order valence-electron chi connectivity index (χ4n) is 2.10. The van der Waals surface area contributed by atoms with E-state index in [0.717, 1.165) is 16.7 Å². The van der Waals surface area contributed by atoms with Gasteiger partial charge in [-0.2, -0.15) is 0 Å². The van der Waals surface area contributed by atoms with Gasteiger partial charge >= 0.3 is 5.97 Å². The van der Waals surface area contributed by atoms with Crippen molar-refractivity contribution >= 4 is 17.1 Å². The van der Waals surface area contributed by atoms with Gasteiger partial charge in [-0.15, -0.1) is 0 Å². The summed E-state index contributed by atoms with van der Waals surface area (Å²) in [7, 11) is 0. The molecule has 1 aromatic heterocycles. The SMILES string of the molecule is O=C(O)CCCOc1ccc(-c2nc3ccccc3o2)cc1. The second-order valence-electron chi connectivity index (χ2n) is 4.86. The summed E-state index contributed by atoms with van der Waals surface area (Å²) in [4.78, 5) is 14.8. The predicted octanol–water partition coefficient (Wildman–Crippen LogP) is 3.74. The Balaban J connectivity index is 1.67. The highest BCUT2D eigenvalue weighted by molar-refractivity contribution is 5.76. The first-order valence-electron chi connectivity index (χ1n) is 7.03. The lowest BCUT2D eigenvalue weighted by Crippen LogP contribution is -2.01. The number of hydrogen-bond donors (Lipinski definition) is 1. The van der Waals surface area contributed by atoms with Gasteiger partial charge in [0.25, 0.3) is 0 Å². The number of ether oxygens (including phenoxy) is 1. The Labute approximate surface area is 127 Å². The second kappa shape index (κ2) is 6.30. The van der Waals surface area contributed by atoms with Crippen LogP contribution < -0.4 is 4.74 Å². The van der Waals surface area contributed by atoms with Crippen LogP contribution in [0, 0.1) is 0 Å². The molecular formula is C17H15NO4. The number of carbonyl (C=O) groups is 1. The van der Waals surface area contributed by atoms with E-state index < -0.39 is 5.97 Å². The van der Waals surface area contributed by atoms with E-state index in [1.54, 1.807) is 0 Å². The summed E-state index contributed by atoms with van der Waals surface area (Å²) in [6.07, 6.45) is 0.600. The maximum Gasteiger partial charge on any atom is 0.303 e. The minimum Gasteiger partial charge on any atom is -0.494 e. The molecule has 112 valence electrons. The van der Waals surface area contributed by atoms with Crippen LogP contribution in [-0.4, -0.2) is 22.7 Å². The van der Waals surface area contributed by atoms with E-state index in [1.165, 1.54) is 0 Å². The molecule has 3 aromatic rings. The summed E-state index contributed by atoms with van der Waals surface area (Å²) >= 11 is 0. The standard InChI is InChI=1S/C17H15NO4/c19-16(20)6-3-11-21-13-9-7-12(8-10-13)17-18-14-4-1-2-5-15(14)22-17/h1-2,4-5,7-10H,3,6,11H2,(H,19,20). The van der Waals surface area contributed by atoms with Crippen molar-refractivity contribution in [3.05, 3.63) is 48.5 Å². The molecule has 22 heavy (non-hydrogen) atoms. The van der Waals surface area contributed by atoms with Crippen molar-refractivity contribution in [3.8, 4) is 17.2 Å². The van der Waals surface area contributed by atoms with Crippen molar-refractivity contribution < 1.29 is 19.1 Å². The van der Waals surface area contributed by atoms with Crippen LogP contribution in [0.25, 0.3) is 22.6 Å².